The van der Waals surface area contributed by atoms with Crippen molar-refractivity contribution in [3.63, 3.8) is 0 Å². The average molecular weight is 337 g/mol. The summed E-state index contributed by atoms with van der Waals surface area (Å²) in [6.45, 7) is 0. The second kappa shape index (κ2) is 4.14. The molecular weight excluding hydrogens is 330 g/mol. The Kier molecular flexibility index (Phi) is 3.06. The largest absolute Gasteiger partial charge is 0.335 e. The molecule has 74 valence electrons. The summed E-state index contributed by atoms with van der Waals surface area (Å²) in [7, 11) is 0. The number of aromatic nitrogens is 2. The molecule has 0 aliphatic heterocycles. The normalized spacial score (nSPS) is 13.1. The van der Waals surface area contributed by atoms with Gasteiger partial charge in [0.15, 0.2) is 0 Å². The van der Waals surface area contributed by atoms with Crippen molar-refractivity contribution in [2.45, 2.75) is 6.04 Å². The maximum Gasteiger partial charge on any atom is 0.129 e. The minimum Gasteiger partial charge on any atom is -0.335 e. The minimum absolute atomic E-state index is 0.183. The van der Waals surface area contributed by atoms with Crippen molar-refractivity contribution in [3.05, 3.63) is 37.4 Å². The van der Waals surface area contributed by atoms with Gasteiger partial charge in [0.05, 0.1) is 16.0 Å². The van der Waals surface area contributed by atoms with Crippen LogP contribution >= 0.6 is 43.2 Å². The van der Waals surface area contributed by atoms with Crippen LogP contribution in [0.1, 0.15) is 16.7 Å². The molecule has 1 unspecified atom stereocenters. The van der Waals surface area contributed by atoms with Crippen molar-refractivity contribution in [2.24, 2.45) is 5.73 Å². The van der Waals surface area contributed by atoms with Gasteiger partial charge in [0.1, 0.15) is 10.4 Å². The molecule has 0 fully saturated rings. The molecule has 2 heterocycles. The monoisotopic (exact) mass is 335 g/mol. The Bertz CT molecular complexity index is 397. The molecular formula is C8H7Br2N3S. The summed E-state index contributed by atoms with van der Waals surface area (Å²) in [5.41, 5.74) is 6.02. The molecule has 0 aromatic carbocycles. The van der Waals surface area contributed by atoms with Crippen LogP contribution in [-0.4, -0.2) is 9.97 Å². The van der Waals surface area contributed by atoms with Crippen LogP contribution in [0.4, 0.5) is 0 Å². The molecule has 0 aliphatic rings. The highest BCUT2D eigenvalue weighted by molar-refractivity contribution is 9.11. The average Bonchev–Trinajstić information content (AvgIpc) is 2.73. The lowest BCUT2D eigenvalue weighted by molar-refractivity contribution is 0.815. The lowest BCUT2D eigenvalue weighted by Crippen LogP contribution is -2.11. The van der Waals surface area contributed by atoms with E-state index in [9.17, 15) is 0 Å². The summed E-state index contributed by atoms with van der Waals surface area (Å²) in [4.78, 5) is 8.30. The lowest BCUT2D eigenvalue weighted by Gasteiger charge is -2.04. The van der Waals surface area contributed by atoms with E-state index in [-0.39, 0.29) is 6.04 Å². The van der Waals surface area contributed by atoms with Crippen molar-refractivity contribution >= 4 is 43.2 Å². The first-order valence-corrected chi connectivity index (χ1v) is 6.28. The fraction of sp³-hybridized carbons (Fsp3) is 0.125. The lowest BCUT2D eigenvalue weighted by atomic mass is 10.2. The van der Waals surface area contributed by atoms with Crippen LogP contribution in [0.5, 0.6) is 0 Å². The van der Waals surface area contributed by atoms with Gasteiger partial charge in [-0.2, -0.15) is 0 Å². The highest BCUT2D eigenvalue weighted by Crippen LogP contribution is 2.28. The van der Waals surface area contributed by atoms with Crippen LogP contribution in [0, 0.1) is 0 Å². The van der Waals surface area contributed by atoms with Crippen LogP contribution in [0.25, 0.3) is 0 Å². The van der Waals surface area contributed by atoms with Gasteiger partial charge in [0.2, 0.25) is 0 Å². The predicted octanol–water partition coefficient (Wildman–Crippen LogP) is 3.04. The van der Waals surface area contributed by atoms with Gasteiger partial charge in [-0.05, 0) is 44.0 Å². The molecule has 0 saturated heterocycles. The summed E-state index contributed by atoms with van der Waals surface area (Å²) < 4.78 is 1.92. The third kappa shape index (κ3) is 2.08. The summed E-state index contributed by atoms with van der Waals surface area (Å²) in [6.07, 6.45) is 1.71. The van der Waals surface area contributed by atoms with E-state index >= 15 is 0 Å². The molecule has 0 radical (unpaired) electrons. The fourth-order valence-electron chi connectivity index (χ4n) is 1.10. The second-order valence-corrected chi connectivity index (χ2v) is 6.08. The molecule has 2 rings (SSSR count). The van der Waals surface area contributed by atoms with Crippen LogP contribution in [0.3, 0.4) is 0 Å². The zero-order valence-electron chi connectivity index (χ0n) is 7.00. The number of halogens is 2. The van der Waals surface area contributed by atoms with Crippen LogP contribution in [0.15, 0.2) is 26.7 Å². The smallest absolute Gasteiger partial charge is 0.129 e. The van der Waals surface area contributed by atoms with Crippen molar-refractivity contribution in [1.82, 2.24) is 9.97 Å². The standard InChI is InChI=1S/C8H7Br2N3S/c9-5-3-12-8(13-5)7(11)4-1-2-6(10)14-4/h1-3,7H,11H2,(H,12,13). The Morgan fingerprint density at radius 3 is 2.71 bits per heavy atom. The van der Waals surface area contributed by atoms with Crippen LogP contribution < -0.4 is 5.73 Å². The number of hydrogen-bond donors (Lipinski definition) is 2. The first-order valence-electron chi connectivity index (χ1n) is 3.88. The van der Waals surface area contributed by atoms with E-state index in [1.54, 1.807) is 17.5 Å². The number of thiophene rings is 1. The molecule has 0 amide bonds. The highest BCUT2D eigenvalue weighted by atomic mass is 79.9. The minimum atomic E-state index is -0.183. The predicted molar refractivity (Wildman–Crippen MR) is 64.3 cm³/mol. The summed E-state index contributed by atoms with van der Waals surface area (Å²) in [5, 5.41) is 0. The second-order valence-electron chi connectivity index (χ2n) is 2.74. The molecule has 0 aliphatic carbocycles. The maximum absolute atomic E-state index is 6.02. The Morgan fingerprint density at radius 2 is 2.21 bits per heavy atom. The Hall–Kier alpha value is -0.170. The molecule has 0 spiro atoms. The van der Waals surface area contributed by atoms with Gasteiger partial charge in [0.25, 0.3) is 0 Å². The quantitative estimate of drug-likeness (QED) is 0.885. The number of rotatable bonds is 2. The van der Waals surface area contributed by atoms with E-state index in [0.717, 1.165) is 19.1 Å². The molecule has 3 nitrogen and oxygen atoms in total. The SMILES string of the molecule is NC(c1ncc(Br)[nH]1)c1ccc(Br)s1. The zero-order valence-corrected chi connectivity index (χ0v) is 11.0. The van der Waals surface area contributed by atoms with E-state index in [1.807, 2.05) is 12.1 Å². The molecule has 0 bridgehead atoms. The number of H-pyrrole nitrogens is 1. The van der Waals surface area contributed by atoms with Gasteiger partial charge in [-0.3, -0.25) is 0 Å². The summed E-state index contributed by atoms with van der Waals surface area (Å²) >= 11 is 8.32. The molecule has 6 heteroatoms. The van der Waals surface area contributed by atoms with Crippen molar-refractivity contribution in [1.29, 1.82) is 0 Å². The topological polar surface area (TPSA) is 54.7 Å². The molecule has 14 heavy (non-hydrogen) atoms. The van der Waals surface area contributed by atoms with Gasteiger partial charge < -0.3 is 10.7 Å². The fourth-order valence-corrected chi connectivity index (χ4v) is 2.84. The number of nitrogens with two attached hydrogens (primary N) is 1. The summed E-state index contributed by atoms with van der Waals surface area (Å²) in [5.74, 6) is 0.770. The first-order chi connectivity index (χ1) is 6.66. The number of aromatic amines is 1. The van der Waals surface area contributed by atoms with E-state index in [0.29, 0.717) is 0 Å². The van der Waals surface area contributed by atoms with Crippen LogP contribution in [0.2, 0.25) is 0 Å². The molecule has 2 aromatic rings. The van der Waals surface area contributed by atoms with E-state index in [2.05, 4.69) is 41.8 Å². The molecule has 2 aromatic heterocycles. The van der Waals surface area contributed by atoms with Gasteiger partial charge in [-0.25, -0.2) is 4.98 Å². The third-order valence-corrected chi connectivity index (χ3v) is 3.87. The van der Waals surface area contributed by atoms with Gasteiger partial charge in [-0.1, -0.05) is 0 Å². The Labute approximate surface area is 102 Å². The van der Waals surface area contributed by atoms with Gasteiger partial charge in [-0.15, -0.1) is 11.3 Å². The van der Waals surface area contributed by atoms with Gasteiger partial charge in [0, 0.05) is 4.88 Å². The van der Waals surface area contributed by atoms with Crippen molar-refractivity contribution in [2.75, 3.05) is 0 Å². The number of imidazole rings is 1. The molecule has 3 N–H and O–H groups in total. The maximum atomic E-state index is 6.02. The third-order valence-electron chi connectivity index (χ3n) is 1.76. The molecule has 0 saturated carbocycles. The van der Waals surface area contributed by atoms with Crippen molar-refractivity contribution in [3.8, 4) is 0 Å². The number of nitrogens with one attached hydrogen (secondary N) is 1. The Balaban J connectivity index is 2.28. The van der Waals surface area contributed by atoms with Crippen LogP contribution in [-0.2, 0) is 0 Å². The number of hydrogen-bond acceptors (Lipinski definition) is 3. The van der Waals surface area contributed by atoms with E-state index in [4.69, 9.17) is 5.73 Å². The number of nitrogens with zero attached hydrogens (tertiary/aromatic N) is 1. The molecule has 1 atom stereocenters. The van der Waals surface area contributed by atoms with Crippen molar-refractivity contribution < 1.29 is 0 Å². The zero-order chi connectivity index (χ0) is 10.1. The van der Waals surface area contributed by atoms with E-state index < -0.39 is 0 Å². The van der Waals surface area contributed by atoms with Gasteiger partial charge >= 0.3 is 0 Å². The highest BCUT2D eigenvalue weighted by Gasteiger charge is 2.13. The Morgan fingerprint density at radius 1 is 1.43 bits per heavy atom. The van der Waals surface area contributed by atoms with E-state index in [1.165, 1.54) is 0 Å². The summed E-state index contributed by atoms with van der Waals surface area (Å²) in [6, 6.07) is 3.80. The first kappa shape index (κ1) is 10.4.